The second-order valence-electron chi connectivity index (χ2n) is 12.4. The van der Waals surface area contributed by atoms with E-state index in [9.17, 15) is 4.79 Å². The van der Waals surface area contributed by atoms with Crippen LogP contribution in [0, 0.1) is 11.3 Å². The van der Waals surface area contributed by atoms with Gasteiger partial charge in [-0.1, -0.05) is 58.9 Å². The lowest BCUT2D eigenvalue weighted by molar-refractivity contribution is -0.0349. The fraction of sp³-hybridized carbons (Fsp3) is 0.567. The summed E-state index contributed by atoms with van der Waals surface area (Å²) in [6, 6.07) is 13.0. The van der Waals surface area contributed by atoms with Gasteiger partial charge in [0.1, 0.15) is 11.9 Å². The van der Waals surface area contributed by atoms with Crippen molar-refractivity contribution in [3.63, 3.8) is 0 Å². The van der Waals surface area contributed by atoms with E-state index in [1.165, 1.54) is 11.1 Å². The number of methoxy groups -OCH3 is 1. The second kappa shape index (κ2) is 8.85. The Morgan fingerprint density at radius 2 is 1.86 bits per heavy atom. The average Bonchev–Trinajstić information content (AvgIpc) is 3.07. The molecule has 0 radical (unpaired) electrons. The number of rotatable bonds is 4. The summed E-state index contributed by atoms with van der Waals surface area (Å²) in [5.41, 5.74) is 5.91. The largest absolute Gasteiger partial charge is 0.496 e. The fourth-order valence-electron chi connectivity index (χ4n) is 6.23. The van der Waals surface area contributed by atoms with Crippen LogP contribution in [0.2, 0.25) is 0 Å². The Hall–Kier alpha value is -2.53. The number of hydrogen-bond acceptors (Lipinski definition) is 4. The highest BCUT2D eigenvalue weighted by molar-refractivity contribution is 5.75. The van der Waals surface area contributed by atoms with E-state index < -0.39 is 0 Å². The van der Waals surface area contributed by atoms with E-state index in [-0.39, 0.29) is 29.1 Å². The lowest BCUT2D eigenvalue weighted by Gasteiger charge is -2.44. The van der Waals surface area contributed by atoms with Gasteiger partial charge in [0.2, 0.25) is 0 Å². The minimum atomic E-state index is -0.296. The summed E-state index contributed by atoms with van der Waals surface area (Å²) >= 11 is 0. The summed E-state index contributed by atoms with van der Waals surface area (Å²) in [4.78, 5) is 15.4. The zero-order valence-corrected chi connectivity index (χ0v) is 22.1. The van der Waals surface area contributed by atoms with Gasteiger partial charge in [0.25, 0.3) is 0 Å². The van der Waals surface area contributed by atoms with Crippen LogP contribution in [0.3, 0.4) is 0 Å². The van der Waals surface area contributed by atoms with Gasteiger partial charge < -0.3 is 14.8 Å². The molecule has 0 aromatic heterocycles. The number of nitrogens with one attached hydrogen (secondary N) is 1. The van der Waals surface area contributed by atoms with Crippen LogP contribution in [-0.2, 0) is 16.6 Å². The Balaban J connectivity index is 1.41. The number of carbonyl (C=O) groups is 1. The summed E-state index contributed by atoms with van der Waals surface area (Å²) in [6.07, 6.45) is 2.87. The molecule has 5 nitrogen and oxygen atoms in total. The van der Waals surface area contributed by atoms with Crippen molar-refractivity contribution in [2.24, 2.45) is 11.3 Å². The molecule has 3 heterocycles. The van der Waals surface area contributed by atoms with Gasteiger partial charge >= 0.3 is 6.09 Å². The molecule has 2 bridgehead atoms. The molecule has 3 saturated heterocycles. The van der Waals surface area contributed by atoms with Gasteiger partial charge in [-0.3, -0.25) is 4.90 Å². The van der Waals surface area contributed by atoms with Gasteiger partial charge in [-0.15, -0.1) is 0 Å². The standard InChI is InChI=1S/C30H40N2O3/c1-29(2,3)22-9-7-8-20(14-22)23-15-21-17-30(4,5)27(24(21)16-25(23)34-6)31-28(33)35-26-18-32-12-10-19(26)11-13-32/h7-9,14-16,19,26-27H,10-13,17-18H2,1-6H3,(H,31,33)/t26-,27?/m0/s1. The monoisotopic (exact) mass is 476 g/mol. The Kier molecular flexibility index (Phi) is 6.11. The number of hydrogen-bond donors (Lipinski definition) is 1. The molecule has 1 aliphatic carbocycles. The number of benzene rings is 2. The quantitative estimate of drug-likeness (QED) is 0.579. The van der Waals surface area contributed by atoms with Crippen LogP contribution >= 0.6 is 0 Å². The van der Waals surface area contributed by atoms with Crippen LogP contribution in [0.15, 0.2) is 36.4 Å². The first-order valence-electron chi connectivity index (χ1n) is 13.1. The van der Waals surface area contributed by atoms with Crippen molar-refractivity contribution < 1.29 is 14.3 Å². The maximum absolute atomic E-state index is 13.0. The van der Waals surface area contributed by atoms with Crippen molar-refractivity contribution in [1.82, 2.24) is 10.2 Å². The van der Waals surface area contributed by atoms with Gasteiger partial charge in [-0.05, 0) is 83.5 Å². The predicted molar refractivity (Wildman–Crippen MR) is 140 cm³/mol. The van der Waals surface area contributed by atoms with E-state index in [0.29, 0.717) is 5.92 Å². The minimum absolute atomic E-state index is 0.00786. The number of piperidine rings is 3. The van der Waals surface area contributed by atoms with Crippen molar-refractivity contribution >= 4 is 6.09 Å². The van der Waals surface area contributed by atoms with E-state index in [1.807, 2.05) is 0 Å². The van der Waals surface area contributed by atoms with E-state index in [4.69, 9.17) is 9.47 Å². The third-order valence-electron chi connectivity index (χ3n) is 8.36. The number of fused-ring (bicyclic) bond motifs is 4. The molecule has 1 amide bonds. The van der Waals surface area contributed by atoms with Crippen LogP contribution in [0.4, 0.5) is 4.79 Å². The Morgan fingerprint density at radius 3 is 2.49 bits per heavy atom. The van der Waals surface area contributed by atoms with Crippen LogP contribution in [0.5, 0.6) is 5.75 Å². The smallest absolute Gasteiger partial charge is 0.407 e. The van der Waals surface area contributed by atoms with Crippen LogP contribution in [0.1, 0.15) is 70.2 Å². The Bertz CT molecular complexity index is 1110. The molecule has 0 spiro atoms. The molecule has 188 valence electrons. The van der Waals surface area contributed by atoms with E-state index >= 15 is 0 Å². The number of nitrogens with zero attached hydrogens (tertiary/aromatic N) is 1. The molecule has 2 atom stereocenters. The number of alkyl carbamates (subject to hydrolysis) is 1. The second-order valence-corrected chi connectivity index (χ2v) is 12.4. The topological polar surface area (TPSA) is 50.8 Å². The molecule has 5 heteroatoms. The highest BCUT2D eigenvalue weighted by atomic mass is 16.6. The highest BCUT2D eigenvalue weighted by Crippen LogP contribution is 2.49. The third kappa shape index (κ3) is 4.67. The molecule has 3 aliphatic heterocycles. The lowest BCUT2D eigenvalue weighted by atomic mass is 9.85. The van der Waals surface area contributed by atoms with Crippen molar-refractivity contribution in [3.8, 4) is 16.9 Å². The van der Waals surface area contributed by atoms with Crippen molar-refractivity contribution in [1.29, 1.82) is 0 Å². The third-order valence-corrected chi connectivity index (χ3v) is 8.36. The first-order valence-corrected chi connectivity index (χ1v) is 13.1. The maximum atomic E-state index is 13.0. The van der Waals surface area contributed by atoms with Gasteiger partial charge in [-0.2, -0.15) is 0 Å². The molecule has 3 fully saturated rings. The van der Waals surface area contributed by atoms with Crippen LogP contribution in [0.25, 0.3) is 11.1 Å². The molecule has 0 saturated carbocycles. The van der Waals surface area contributed by atoms with Gasteiger partial charge in [-0.25, -0.2) is 4.79 Å². The molecular formula is C30H40N2O3. The normalized spacial score (nSPS) is 26.8. The number of ether oxygens (including phenoxy) is 2. The van der Waals surface area contributed by atoms with E-state index in [2.05, 4.69) is 81.2 Å². The summed E-state index contributed by atoms with van der Waals surface area (Å²) < 4.78 is 11.8. The first-order chi connectivity index (χ1) is 16.5. The van der Waals surface area contributed by atoms with Gasteiger partial charge in [0, 0.05) is 12.1 Å². The van der Waals surface area contributed by atoms with Gasteiger partial charge in [0.05, 0.1) is 13.2 Å². The molecule has 1 N–H and O–H groups in total. The predicted octanol–water partition coefficient (Wildman–Crippen LogP) is 6.10. The van der Waals surface area contributed by atoms with Crippen molar-refractivity contribution in [2.45, 2.75) is 71.4 Å². The lowest BCUT2D eigenvalue weighted by Crippen LogP contribution is -2.53. The minimum Gasteiger partial charge on any atom is -0.496 e. The maximum Gasteiger partial charge on any atom is 0.407 e. The molecule has 35 heavy (non-hydrogen) atoms. The Labute approximate surface area is 210 Å². The molecule has 6 rings (SSSR count). The summed E-state index contributed by atoms with van der Waals surface area (Å²) in [6.45, 7) is 14.3. The van der Waals surface area contributed by atoms with E-state index in [0.717, 1.165) is 61.3 Å². The van der Waals surface area contributed by atoms with Gasteiger partial charge in [0.15, 0.2) is 0 Å². The van der Waals surface area contributed by atoms with Crippen molar-refractivity contribution in [3.05, 3.63) is 53.1 Å². The van der Waals surface area contributed by atoms with Crippen molar-refractivity contribution in [2.75, 3.05) is 26.7 Å². The molecule has 2 aromatic rings. The average molecular weight is 477 g/mol. The fourth-order valence-corrected chi connectivity index (χ4v) is 6.23. The molecule has 1 unspecified atom stereocenters. The zero-order chi connectivity index (χ0) is 25.0. The summed E-state index contributed by atoms with van der Waals surface area (Å²) in [5, 5.41) is 3.24. The zero-order valence-electron chi connectivity index (χ0n) is 22.1. The van der Waals surface area contributed by atoms with E-state index in [1.54, 1.807) is 7.11 Å². The summed E-state index contributed by atoms with van der Waals surface area (Å²) in [5.74, 6) is 1.34. The molecule has 4 aliphatic rings. The number of carbonyl (C=O) groups excluding carboxylic acids is 1. The first kappa shape index (κ1) is 24.2. The SMILES string of the molecule is COc1cc2c(cc1-c1cccc(C(C)(C)C)c1)CC(C)(C)C2NC(=O)O[C@H]1CN2CCC1CC2. The van der Waals surface area contributed by atoms with Crippen LogP contribution < -0.4 is 10.1 Å². The van der Waals surface area contributed by atoms with Crippen LogP contribution in [-0.4, -0.2) is 43.8 Å². The number of amides is 1. The Morgan fingerprint density at radius 1 is 1.11 bits per heavy atom. The highest BCUT2D eigenvalue weighted by Gasteiger charge is 2.42. The molecule has 2 aromatic carbocycles. The summed E-state index contributed by atoms with van der Waals surface area (Å²) in [7, 11) is 1.73. The molecular weight excluding hydrogens is 436 g/mol.